The number of aromatic hydroxyl groups is 1. The van der Waals surface area contributed by atoms with E-state index in [0.29, 0.717) is 30.8 Å². The van der Waals surface area contributed by atoms with E-state index in [1.165, 1.54) is 0 Å². The summed E-state index contributed by atoms with van der Waals surface area (Å²) >= 11 is 0. The lowest BCUT2D eigenvalue weighted by atomic mass is 9.83. The third kappa shape index (κ3) is 4.58. The molecule has 0 aliphatic carbocycles. The summed E-state index contributed by atoms with van der Waals surface area (Å²) in [4.78, 5) is 28.0. The smallest absolute Gasteiger partial charge is 0.230 e. The monoisotopic (exact) mass is 410 g/mol. The third-order valence-electron chi connectivity index (χ3n) is 5.66. The Morgan fingerprint density at radius 1 is 1.27 bits per heavy atom. The van der Waals surface area contributed by atoms with Gasteiger partial charge in [-0.05, 0) is 43.5 Å². The van der Waals surface area contributed by atoms with Crippen molar-refractivity contribution in [1.82, 2.24) is 4.90 Å². The van der Waals surface area contributed by atoms with Gasteiger partial charge in [0, 0.05) is 18.5 Å². The van der Waals surface area contributed by atoms with E-state index < -0.39 is 12.0 Å². The van der Waals surface area contributed by atoms with Gasteiger partial charge in [-0.2, -0.15) is 0 Å². The molecular weight excluding hydrogens is 380 g/mol. The van der Waals surface area contributed by atoms with Crippen LogP contribution in [0.5, 0.6) is 11.5 Å². The zero-order valence-electron chi connectivity index (χ0n) is 17.9. The summed E-state index contributed by atoms with van der Waals surface area (Å²) in [5, 5.41) is 13.1. The van der Waals surface area contributed by atoms with Crippen molar-refractivity contribution in [3.63, 3.8) is 0 Å². The van der Waals surface area contributed by atoms with Gasteiger partial charge in [0.15, 0.2) is 0 Å². The molecule has 1 saturated heterocycles. The fourth-order valence-corrected chi connectivity index (χ4v) is 4.09. The second-order valence-electron chi connectivity index (χ2n) is 7.78. The molecule has 1 fully saturated rings. The quantitative estimate of drug-likeness (QED) is 0.662. The van der Waals surface area contributed by atoms with Gasteiger partial charge >= 0.3 is 0 Å². The highest BCUT2D eigenvalue weighted by Crippen LogP contribution is 2.41. The molecule has 1 heterocycles. The van der Waals surface area contributed by atoms with E-state index in [0.717, 1.165) is 24.0 Å². The van der Waals surface area contributed by atoms with Crippen molar-refractivity contribution in [2.75, 3.05) is 19.0 Å². The topological polar surface area (TPSA) is 78.9 Å². The molecule has 3 rings (SSSR count). The number of hydrogen-bond acceptors (Lipinski definition) is 4. The molecule has 160 valence electrons. The second kappa shape index (κ2) is 9.65. The Balaban J connectivity index is 1.97. The van der Waals surface area contributed by atoms with Gasteiger partial charge in [-0.25, -0.2) is 0 Å². The standard InChI is InChI=1S/C24H30N2O4/c1-4-5-14-26-22(28)13-11-18(23(26)17-8-6-7-9-21(17)30-3)24(29)25-19-12-10-16(2)15-20(19)27/h6-10,12,15,18,23,27H,4-5,11,13-14H2,1-3H3,(H,25,29). The summed E-state index contributed by atoms with van der Waals surface area (Å²) in [6.45, 7) is 4.55. The number of methoxy groups -OCH3 is 1. The molecule has 0 aromatic heterocycles. The number of likely N-dealkylation sites (tertiary alicyclic amines) is 1. The predicted molar refractivity (Wildman–Crippen MR) is 117 cm³/mol. The number of phenolic OH excluding ortho intramolecular Hbond substituents is 1. The molecule has 2 aromatic rings. The van der Waals surface area contributed by atoms with Gasteiger partial charge in [-0.3, -0.25) is 9.59 Å². The Morgan fingerprint density at radius 3 is 2.73 bits per heavy atom. The van der Waals surface area contributed by atoms with Gasteiger partial charge < -0.3 is 20.1 Å². The molecular formula is C24H30N2O4. The average molecular weight is 411 g/mol. The van der Waals surface area contributed by atoms with E-state index in [-0.39, 0.29) is 17.6 Å². The van der Waals surface area contributed by atoms with Crippen LogP contribution in [0.25, 0.3) is 0 Å². The van der Waals surface area contributed by atoms with Crippen LogP contribution in [0, 0.1) is 12.8 Å². The molecule has 0 spiro atoms. The number of carbonyl (C=O) groups excluding carboxylic acids is 2. The van der Waals surface area contributed by atoms with Crippen LogP contribution in [0.1, 0.15) is 49.8 Å². The first-order chi connectivity index (χ1) is 14.5. The van der Waals surface area contributed by atoms with Crippen LogP contribution in [-0.4, -0.2) is 35.5 Å². The van der Waals surface area contributed by atoms with Gasteiger partial charge in [0.25, 0.3) is 0 Å². The average Bonchev–Trinajstić information content (AvgIpc) is 2.74. The van der Waals surface area contributed by atoms with E-state index in [4.69, 9.17) is 4.74 Å². The SMILES string of the molecule is CCCCN1C(=O)CCC(C(=O)Nc2ccc(C)cc2O)C1c1ccccc1OC. The first kappa shape index (κ1) is 21.7. The first-order valence-corrected chi connectivity index (χ1v) is 10.5. The van der Waals surface area contributed by atoms with Gasteiger partial charge in [-0.1, -0.05) is 37.6 Å². The van der Waals surface area contributed by atoms with Gasteiger partial charge in [0.05, 0.1) is 24.8 Å². The maximum atomic E-state index is 13.3. The van der Waals surface area contributed by atoms with Crippen molar-refractivity contribution < 1.29 is 19.4 Å². The van der Waals surface area contributed by atoms with Crippen molar-refractivity contribution in [3.8, 4) is 11.5 Å². The minimum atomic E-state index is -0.448. The van der Waals surface area contributed by atoms with Crippen LogP contribution in [0.2, 0.25) is 0 Å². The van der Waals surface area contributed by atoms with Crippen molar-refractivity contribution >= 4 is 17.5 Å². The summed E-state index contributed by atoms with van der Waals surface area (Å²) in [5.74, 6) is 0.0961. The molecule has 2 unspecified atom stereocenters. The number of nitrogens with one attached hydrogen (secondary N) is 1. The highest BCUT2D eigenvalue weighted by molar-refractivity contribution is 5.96. The molecule has 1 aliphatic heterocycles. The normalized spacial score (nSPS) is 18.9. The molecule has 2 atom stereocenters. The molecule has 0 bridgehead atoms. The lowest BCUT2D eigenvalue weighted by Gasteiger charge is -2.41. The van der Waals surface area contributed by atoms with Crippen molar-refractivity contribution in [1.29, 1.82) is 0 Å². The van der Waals surface area contributed by atoms with E-state index in [1.54, 1.807) is 19.2 Å². The zero-order chi connectivity index (χ0) is 21.7. The van der Waals surface area contributed by atoms with Crippen molar-refractivity contribution in [3.05, 3.63) is 53.6 Å². The molecule has 1 aliphatic rings. The lowest BCUT2D eigenvalue weighted by Crippen LogP contribution is -2.47. The molecule has 6 heteroatoms. The Kier molecular flexibility index (Phi) is 6.98. The minimum Gasteiger partial charge on any atom is -0.506 e. The Morgan fingerprint density at radius 2 is 2.03 bits per heavy atom. The molecule has 0 saturated carbocycles. The number of rotatable bonds is 7. The Labute approximate surface area is 177 Å². The first-order valence-electron chi connectivity index (χ1n) is 10.5. The fraction of sp³-hybridized carbons (Fsp3) is 0.417. The van der Waals surface area contributed by atoms with Crippen molar-refractivity contribution in [2.45, 2.75) is 45.6 Å². The van der Waals surface area contributed by atoms with Gasteiger partial charge in [0.1, 0.15) is 11.5 Å². The number of carbonyl (C=O) groups is 2. The Hall–Kier alpha value is -3.02. The number of phenols is 1. The molecule has 2 aromatic carbocycles. The number of benzene rings is 2. The van der Waals surface area contributed by atoms with Gasteiger partial charge in [-0.15, -0.1) is 0 Å². The number of para-hydroxylation sites is 1. The van der Waals surface area contributed by atoms with Crippen LogP contribution >= 0.6 is 0 Å². The number of ether oxygens (including phenoxy) is 1. The maximum Gasteiger partial charge on any atom is 0.230 e. The number of aryl methyl sites for hydroxylation is 1. The molecule has 6 nitrogen and oxygen atoms in total. The Bertz CT molecular complexity index is 912. The van der Waals surface area contributed by atoms with E-state index in [1.807, 2.05) is 42.2 Å². The lowest BCUT2D eigenvalue weighted by molar-refractivity contribution is -0.142. The summed E-state index contributed by atoms with van der Waals surface area (Å²) in [5.41, 5.74) is 2.12. The summed E-state index contributed by atoms with van der Waals surface area (Å²) < 4.78 is 5.56. The van der Waals surface area contributed by atoms with E-state index in [9.17, 15) is 14.7 Å². The summed E-state index contributed by atoms with van der Waals surface area (Å²) in [7, 11) is 1.60. The minimum absolute atomic E-state index is 0.0342. The maximum absolute atomic E-state index is 13.3. The van der Waals surface area contributed by atoms with Crippen LogP contribution < -0.4 is 10.1 Å². The summed E-state index contributed by atoms with van der Waals surface area (Å²) in [6.07, 6.45) is 2.59. The zero-order valence-corrected chi connectivity index (χ0v) is 17.9. The van der Waals surface area contributed by atoms with Crippen molar-refractivity contribution in [2.24, 2.45) is 5.92 Å². The number of hydrogen-bond donors (Lipinski definition) is 2. The predicted octanol–water partition coefficient (Wildman–Crippen LogP) is 4.43. The highest BCUT2D eigenvalue weighted by Gasteiger charge is 2.41. The van der Waals surface area contributed by atoms with E-state index >= 15 is 0 Å². The largest absolute Gasteiger partial charge is 0.506 e. The fourth-order valence-electron chi connectivity index (χ4n) is 4.09. The highest BCUT2D eigenvalue weighted by atomic mass is 16.5. The summed E-state index contributed by atoms with van der Waals surface area (Å²) in [6, 6.07) is 12.3. The van der Waals surface area contributed by atoms with E-state index in [2.05, 4.69) is 12.2 Å². The number of unbranched alkanes of at least 4 members (excludes halogenated alkanes) is 1. The third-order valence-corrected chi connectivity index (χ3v) is 5.66. The van der Waals surface area contributed by atoms with Crippen LogP contribution in [0.4, 0.5) is 5.69 Å². The van der Waals surface area contributed by atoms with Crippen LogP contribution in [0.15, 0.2) is 42.5 Å². The number of piperidine rings is 1. The second-order valence-corrected chi connectivity index (χ2v) is 7.78. The van der Waals surface area contributed by atoms with Crippen LogP contribution in [0.3, 0.4) is 0 Å². The number of nitrogens with zero attached hydrogens (tertiary/aromatic N) is 1. The van der Waals surface area contributed by atoms with Gasteiger partial charge in [0.2, 0.25) is 11.8 Å². The number of anilines is 1. The molecule has 30 heavy (non-hydrogen) atoms. The molecule has 2 N–H and O–H groups in total. The molecule has 0 radical (unpaired) electrons. The molecule has 2 amide bonds. The number of amides is 2. The van der Waals surface area contributed by atoms with Crippen LogP contribution in [-0.2, 0) is 9.59 Å².